The van der Waals surface area contributed by atoms with E-state index >= 15 is 0 Å². The number of aryl methyl sites for hydroxylation is 2. The Bertz CT molecular complexity index is 1020. The van der Waals surface area contributed by atoms with Crippen molar-refractivity contribution in [2.24, 2.45) is 5.73 Å². The van der Waals surface area contributed by atoms with Gasteiger partial charge < -0.3 is 22.3 Å². The van der Waals surface area contributed by atoms with E-state index in [1.54, 1.807) is 13.0 Å². The highest BCUT2D eigenvalue weighted by Gasteiger charge is 2.17. The summed E-state index contributed by atoms with van der Waals surface area (Å²) >= 11 is 0. The van der Waals surface area contributed by atoms with E-state index in [-0.39, 0.29) is 17.3 Å². The molecule has 7 heteroatoms. The van der Waals surface area contributed by atoms with Gasteiger partial charge in [-0.1, -0.05) is 12.1 Å². The van der Waals surface area contributed by atoms with Gasteiger partial charge in [0.25, 0.3) is 5.91 Å². The molecular formula is C19H20N4O3. The summed E-state index contributed by atoms with van der Waals surface area (Å²) in [6.45, 7) is 3.74. The minimum atomic E-state index is -1.05. The van der Waals surface area contributed by atoms with Gasteiger partial charge in [0, 0.05) is 17.3 Å². The normalized spacial score (nSPS) is 10.2. The lowest BCUT2D eigenvalue weighted by atomic mass is 10.0. The molecule has 3 aromatic rings. The van der Waals surface area contributed by atoms with E-state index < -0.39 is 11.9 Å². The maximum absolute atomic E-state index is 11.9. The fraction of sp³-hybridized carbons (Fsp3) is 0.105. The number of fused-ring (bicyclic) bond motifs is 1. The van der Waals surface area contributed by atoms with E-state index in [2.05, 4.69) is 10.3 Å². The summed E-state index contributed by atoms with van der Waals surface area (Å²) in [7, 11) is 0. The average Bonchev–Trinajstić information content (AvgIpc) is 2.55. The smallest absolute Gasteiger partial charge is 0.335 e. The summed E-state index contributed by atoms with van der Waals surface area (Å²) in [5.74, 6) is -1.68. The molecule has 2 aromatic carbocycles. The third kappa shape index (κ3) is 3.47. The van der Waals surface area contributed by atoms with Crippen LogP contribution in [0.1, 0.15) is 31.8 Å². The van der Waals surface area contributed by atoms with Crippen molar-refractivity contribution in [2.45, 2.75) is 13.8 Å². The maximum Gasteiger partial charge on any atom is 0.335 e. The summed E-state index contributed by atoms with van der Waals surface area (Å²) in [5.41, 5.74) is 9.41. The molecule has 0 saturated carbocycles. The van der Waals surface area contributed by atoms with Crippen LogP contribution in [0.4, 0.5) is 11.4 Å². The molecule has 134 valence electrons. The molecule has 0 aliphatic carbocycles. The van der Waals surface area contributed by atoms with Crippen LogP contribution >= 0.6 is 0 Å². The number of aromatic nitrogens is 1. The summed E-state index contributed by atoms with van der Waals surface area (Å²) in [5, 5.41) is 13.1. The first kappa shape index (κ1) is 18.9. The molecule has 0 radical (unpaired) electrons. The molecule has 0 fully saturated rings. The Kier molecular flexibility index (Phi) is 5.23. The molecule has 0 saturated heterocycles. The molecule has 0 spiro atoms. The van der Waals surface area contributed by atoms with E-state index in [0.29, 0.717) is 22.2 Å². The second-order valence-electron chi connectivity index (χ2n) is 5.90. The van der Waals surface area contributed by atoms with Crippen molar-refractivity contribution in [3.8, 4) is 0 Å². The Balaban J connectivity index is 0.00000243. The second kappa shape index (κ2) is 7.20. The lowest BCUT2D eigenvalue weighted by molar-refractivity contribution is 0.0696. The summed E-state index contributed by atoms with van der Waals surface area (Å²) in [4.78, 5) is 27.5. The number of nitrogens with one attached hydrogen (secondary N) is 1. The molecule has 0 atom stereocenters. The van der Waals surface area contributed by atoms with Crippen molar-refractivity contribution in [1.82, 2.24) is 11.1 Å². The van der Waals surface area contributed by atoms with Crippen molar-refractivity contribution >= 4 is 34.2 Å². The predicted molar refractivity (Wildman–Crippen MR) is 101 cm³/mol. The van der Waals surface area contributed by atoms with Crippen LogP contribution < -0.4 is 17.2 Å². The van der Waals surface area contributed by atoms with Gasteiger partial charge in [0.05, 0.1) is 22.3 Å². The Morgan fingerprint density at radius 3 is 2.50 bits per heavy atom. The number of pyridine rings is 1. The third-order valence-corrected chi connectivity index (χ3v) is 3.96. The molecule has 0 aliphatic rings. The van der Waals surface area contributed by atoms with Crippen molar-refractivity contribution in [3.63, 3.8) is 0 Å². The van der Waals surface area contributed by atoms with Gasteiger partial charge in [-0.15, -0.1) is 0 Å². The number of nitrogens with two attached hydrogens (primary N) is 1. The van der Waals surface area contributed by atoms with Crippen LogP contribution in [0, 0.1) is 13.8 Å². The zero-order chi connectivity index (χ0) is 18.1. The van der Waals surface area contributed by atoms with E-state index in [1.807, 2.05) is 31.2 Å². The van der Waals surface area contributed by atoms with Gasteiger partial charge in [0.15, 0.2) is 0 Å². The van der Waals surface area contributed by atoms with Crippen LogP contribution in [0.3, 0.4) is 0 Å². The van der Waals surface area contributed by atoms with E-state index in [9.17, 15) is 14.7 Å². The Morgan fingerprint density at radius 1 is 1.15 bits per heavy atom. The Morgan fingerprint density at radius 2 is 1.88 bits per heavy atom. The van der Waals surface area contributed by atoms with E-state index in [0.717, 1.165) is 11.3 Å². The quantitative estimate of drug-likeness (QED) is 0.566. The number of aromatic carboxylic acids is 1. The van der Waals surface area contributed by atoms with Gasteiger partial charge in [-0.05, 0) is 49.2 Å². The second-order valence-corrected chi connectivity index (χ2v) is 5.90. The highest BCUT2D eigenvalue weighted by atomic mass is 16.4. The molecule has 3 rings (SSSR count). The summed E-state index contributed by atoms with van der Waals surface area (Å²) in [6.07, 6.45) is 1.41. The molecule has 0 bridgehead atoms. The highest BCUT2D eigenvalue weighted by molar-refractivity contribution is 6.09. The van der Waals surface area contributed by atoms with Gasteiger partial charge in [0.2, 0.25) is 0 Å². The third-order valence-electron chi connectivity index (χ3n) is 3.96. The van der Waals surface area contributed by atoms with Crippen LogP contribution in [0.5, 0.6) is 0 Å². The number of anilines is 2. The number of carbonyl (C=O) groups is 2. The van der Waals surface area contributed by atoms with Crippen LogP contribution in [-0.2, 0) is 0 Å². The van der Waals surface area contributed by atoms with Crippen LogP contribution in [0.25, 0.3) is 10.9 Å². The number of nitrogens with zero attached hydrogens (tertiary/aromatic N) is 1. The molecule has 1 heterocycles. The minimum Gasteiger partial charge on any atom is -0.478 e. The minimum absolute atomic E-state index is 0. The molecule has 1 aromatic heterocycles. The standard InChI is InChI=1S/C19H17N3O3.H3N/c1-10-4-3-5-13(6-10)22-17-14-8-12(19(24)25)7-11(2)16(14)21-9-15(17)18(20)23;/h3-9H,1-2H3,(H2,20,23)(H,21,22)(H,24,25);1H3. The van der Waals surface area contributed by atoms with Crippen molar-refractivity contribution < 1.29 is 14.7 Å². The van der Waals surface area contributed by atoms with Crippen molar-refractivity contribution in [2.75, 3.05) is 5.32 Å². The summed E-state index contributed by atoms with van der Waals surface area (Å²) < 4.78 is 0. The number of carboxylic acid groups (broad SMARTS) is 1. The first-order chi connectivity index (χ1) is 11.9. The van der Waals surface area contributed by atoms with Crippen LogP contribution in [-0.4, -0.2) is 22.0 Å². The lowest BCUT2D eigenvalue weighted by Crippen LogP contribution is -2.14. The first-order valence-electron chi connectivity index (χ1n) is 7.67. The lowest BCUT2D eigenvalue weighted by Gasteiger charge is -2.15. The number of amides is 1. The number of hydrogen-bond acceptors (Lipinski definition) is 5. The SMILES string of the molecule is Cc1cccc(Nc2c(C(N)=O)cnc3c(C)cc(C(=O)O)cc23)c1.N. The van der Waals surface area contributed by atoms with E-state index in [4.69, 9.17) is 5.73 Å². The van der Waals surface area contributed by atoms with Crippen LogP contribution in [0.2, 0.25) is 0 Å². The fourth-order valence-electron chi connectivity index (χ4n) is 2.79. The largest absolute Gasteiger partial charge is 0.478 e. The number of carbonyl (C=O) groups excluding carboxylic acids is 1. The predicted octanol–water partition coefficient (Wildman–Crippen LogP) is 3.55. The van der Waals surface area contributed by atoms with Gasteiger partial charge >= 0.3 is 5.97 Å². The Hall–Kier alpha value is -3.45. The number of primary amides is 1. The van der Waals surface area contributed by atoms with Crippen molar-refractivity contribution in [3.05, 3.63) is 64.8 Å². The zero-order valence-electron chi connectivity index (χ0n) is 14.5. The summed E-state index contributed by atoms with van der Waals surface area (Å²) in [6, 6.07) is 10.7. The van der Waals surface area contributed by atoms with Gasteiger partial charge in [-0.25, -0.2) is 4.79 Å². The topological polar surface area (TPSA) is 140 Å². The fourth-order valence-corrected chi connectivity index (χ4v) is 2.79. The molecule has 0 aliphatic heterocycles. The highest BCUT2D eigenvalue weighted by Crippen LogP contribution is 2.31. The maximum atomic E-state index is 11.9. The molecular weight excluding hydrogens is 332 g/mol. The zero-order valence-corrected chi connectivity index (χ0v) is 14.5. The number of carboxylic acids is 1. The first-order valence-corrected chi connectivity index (χ1v) is 7.67. The van der Waals surface area contributed by atoms with Gasteiger partial charge in [0.1, 0.15) is 0 Å². The Labute approximate surface area is 150 Å². The molecule has 7 nitrogen and oxygen atoms in total. The number of rotatable bonds is 4. The van der Waals surface area contributed by atoms with Crippen molar-refractivity contribution in [1.29, 1.82) is 0 Å². The monoisotopic (exact) mass is 352 g/mol. The average molecular weight is 352 g/mol. The molecule has 7 N–H and O–H groups in total. The van der Waals surface area contributed by atoms with Crippen LogP contribution in [0.15, 0.2) is 42.6 Å². The number of benzene rings is 2. The van der Waals surface area contributed by atoms with Gasteiger partial charge in [-0.3, -0.25) is 9.78 Å². The van der Waals surface area contributed by atoms with Gasteiger partial charge in [-0.2, -0.15) is 0 Å². The number of hydrogen-bond donors (Lipinski definition) is 4. The molecule has 0 unspecified atom stereocenters. The molecule has 1 amide bonds. The molecule has 26 heavy (non-hydrogen) atoms. The van der Waals surface area contributed by atoms with E-state index in [1.165, 1.54) is 12.3 Å².